The van der Waals surface area contributed by atoms with E-state index in [1.807, 2.05) is 24.3 Å². The molecule has 3 atom stereocenters. The Morgan fingerprint density at radius 1 is 0.706 bits per heavy atom. The number of ketones is 1. The van der Waals surface area contributed by atoms with Crippen LogP contribution in [0.5, 0.6) is 17.2 Å². The fourth-order valence-corrected chi connectivity index (χ4v) is 7.75. The first-order valence-corrected chi connectivity index (χ1v) is 18.0. The molecule has 1 saturated carbocycles. The Labute approximate surface area is 299 Å². The lowest BCUT2D eigenvalue weighted by molar-refractivity contribution is -0.124. The van der Waals surface area contributed by atoms with Gasteiger partial charge in [-0.2, -0.15) is 0 Å². The van der Waals surface area contributed by atoms with Crippen LogP contribution in [-0.2, 0) is 27.2 Å². The molecule has 4 aromatic carbocycles. The molecule has 8 heteroatoms. The van der Waals surface area contributed by atoms with Gasteiger partial charge in [0.2, 0.25) is 0 Å². The average molecular weight is 688 g/mol. The molecule has 0 bridgehead atoms. The summed E-state index contributed by atoms with van der Waals surface area (Å²) in [6.45, 7) is 6.91. The van der Waals surface area contributed by atoms with Gasteiger partial charge < -0.3 is 29.0 Å². The van der Waals surface area contributed by atoms with Crippen molar-refractivity contribution in [3.8, 4) is 17.2 Å². The second-order valence-electron chi connectivity index (χ2n) is 13.6. The summed E-state index contributed by atoms with van der Waals surface area (Å²) >= 11 is 0. The Balaban J connectivity index is 0.804. The largest absolute Gasteiger partial charge is 0.508 e. The number of nitrogens with zero attached hydrogens (tertiary/aromatic N) is 1. The number of carbonyl (C=O) groups is 2. The molecule has 0 unspecified atom stereocenters. The van der Waals surface area contributed by atoms with Gasteiger partial charge >= 0.3 is 0 Å². The molecule has 8 nitrogen and oxygen atoms in total. The number of hydrogen-bond donors (Lipinski definition) is 1. The Hall–Kier alpha value is -4.92. The maximum absolute atomic E-state index is 13.0. The van der Waals surface area contributed by atoms with Crippen LogP contribution >= 0.6 is 0 Å². The van der Waals surface area contributed by atoms with Crippen LogP contribution in [-0.4, -0.2) is 67.4 Å². The highest BCUT2D eigenvalue weighted by molar-refractivity contribution is 6.02. The molecule has 3 aliphatic rings. The Bertz CT molecular complexity index is 1850. The lowest BCUT2D eigenvalue weighted by Gasteiger charge is -2.34. The van der Waals surface area contributed by atoms with Gasteiger partial charge in [0.15, 0.2) is 5.78 Å². The molecular formula is C43H45NO7. The van der Waals surface area contributed by atoms with E-state index in [1.54, 1.807) is 23.1 Å². The van der Waals surface area contributed by atoms with Gasteiger partial charge in [-0.1, -0.05) is 60.7 Å². The van der Waals surface area contributed by atoms with E-state index in [0.29, 0.717) is 82.0 Å². The number of phenolic OH excluding ortho intramolecular Hbond substituents is 1. The molecule has 264 valence electrons. The van der Waals surface area contributed by atoms with Gasteiger partial charge in [-0.3, -0.25) is 9.59 Å². The third-order valence-corrected chi connectivity index (χ3v) is 10.3. The van der Waals surface area contributed by atoms with E-state index in [2.05, 4.69) is 55.1 Å². The van der Waals surface area contributed by atoms with Gasteiger partial charge in [0.25, 0.3) is 5.91 Å². The predicted molar refractivity (Wildman–Crippen MR) is 195 cm³/mol. The van der Waals surface area contributed by atoms with Crippen LogP contribution in [0.1, 0.15) is 75.7 Å². The number of rotatable bonds is 14. The van der Waals surface area contributed by atoms with Gasteiger partial charge in [0.05, 0.1) is 32.5 Å². The van der Waals surface area contributed by atoms with Gasteiger partial charge in [0, 0.05) is 24.4 Å². The molecule has 1 aliphatic heterocycles. The highest BCUT2D eigenvalue weighted by Gasteiger charge is 2.38. The number of aryl methyl sites for hydroxylation is 1. The fraction of sp³-hybridized carbons (Fsp3) is 0.349. The number of amides is 1. The number of ether oxygens (including phenoxy) is 4. The molecule has 51 heavy (non-hydrogen) atoms. The van der Waals surface area contributed by atoms with Crippen LogP contribution in [0.4, 0.5) is 0 Å². The van der Waals surface area contributed by atoms with Crippen molar-refractivity contribution in [3.63, 3.8) is 0 Å². The standard InChI is InChI=1S/C43H45NO7/c1-29-7-18-40(41(46)25-29)44-28-33-27-36(14-17-39(33)43(44)47)51-24-22-49-20-19-48-21-23-50-35-12-8-31(9-13-35)42-37(30-5-3-2-4-6-30)15-10-32-26-34(45)11-16-38(32)42/h2-6,8-9,11-14,16-17,26-27,37,40,42,45H,1,7,10,15,18-25,28H2/t37-,40+,42+/m1/s1. The van der Waals surface area contributed by atoms with Gasteiger partial charge in [-0.25, -0.2) is 0 Å². The molecule has 0 spiro atoms. The van der Waals surface area contributed by atoms with Gasteiger partial charge in [-0.15, -0.1) is 0 Å². The van der Waals surface area contributed by atoms with E-state index in [9.17, 15) is 14.7 Å². The number of allylic oxidation sites excluding steroid dienone is 1. The van der Waals surface area contributed by atoms with Crippen LogP contribution in [0, 0.1) is 0 Å². The van der Waals surface area contributed by atoms with E-state index in [1.165, 1.54) is 22.3 Å². The van der Waals surface area contributed by atoms with Crippen molar-refractivity contribution in [2.24, 2.45) is 0 Å². The molecule has 1 amide bonds. The summed E-state index contributed by atoms with van der Waals surface area (Å²) in [5.74, 6) is 2.34. The Morgan fingerprint density at radius 2 is 1.41 bits per heavy atom. The molecule has 1 heterocycles. The minimum absolute atomic E-state index is 0.0747. The van der Waals surface area contributed by atoms with E-state index >= 15 is 0 Å². The fourth-order valence-electron chi connectivity index (χ4n) is 7.75. The quantitative estimate of drug-likeness (QED) is 0.109. The molecule has 4 aromatic rings. The van der Waals surface area contributed by atoms with E-state index in [4.69, 9.17) is 18.9 Å². The van der Waals surface area contributed by atoms with Crippen molar-refractivity contribution in [3.05, 3.63) is 137 Å². The van der Waals surface area contributed by atoms with Crippen molar-refractivity contribution in [2.45, 2.75) is 56.5 Å². The lowest BCUT2D eigenvalue weighted by atomic mass is 9.69. The zero-order valence-electron chi connectivity index (χ0n) is 28.9. The monoisotopic (exact) mass is 687 g/mol. The third kappa shape index (κ3) is 8.03. The number of benzene rings is 4. The lowest BCUT2D eigenvalue weighted by Crippen LogP contribution is -2.43. The predicted octanol–water partition coefficient (Wildman–Crippen LogP) is 7.38. The summed E-state index contributed by atoms with van der Waals surface area (Å²) in [6, 6.07) is 30.0. The molecule has 0 aromatic heterocycles. The summed E-state index contributed by atoms with van der Waals surface area (Å²) < 4.78 is 23.2. The van der Waals surface area contributed by atoms with Crippen molar-refractivity contribution < 1.29 is 33.6 Å². The highest BCUT2D eigenvalue weighted by atomic mass is 16.6. The maximum atomic E-state index is 13.0. The first-order chi connectivity index (χ1) is 24.9. The van der Waals surface area contributed by atoms with Crippen LogP contribution < -0.4 is 9.47 Å². The van der Waals surface area contributed by atoms with Crippen molar-refractivity contribution >= 4 is 11.7 Å². The van der Waals surface area contributed by atoms with Crippen LogP contribution in [0.15, 0.2) is 103 Å². The zero-order valence-corrected chi connectivity index (χ0v) is 28.9. The average Bonchev–Trinajstić information content (AvgIpc) is 3.47. The minimum Gasteiger partial charge on any atom is -0.508 e. The van der Waals surface area contributed by atoms with E-state index < -0.39 is 0 Å². The second kappa shape index (κ2) is 16.0. The zero-order chi connectivity index (χ0) is 35.2. The van der Waals surface area contributed by atoms with E-state index in [0.717, 1.165) is 36.1 Å². The highest BCUT2D eigenvalue weighted by Crippen LogP contribution is 2.47. The Morgan fingerprint density at radius 3 is 2.16 bits per heavy atom. The summed E-state index contributed by atoms with van der Waals surface area (Å²) in [7, 11) is 0. The van der Waals surface area contributed by atoms with Crippen molar-refractivity contribution in [1.82, 2.24) is 4.90 Å². The van der Waals surface area contributed by atoms with Gasteiger partial charge in [-0.05, 0) is 102 Å². The minimum atomic E-state index is -0.370. The number of phenols is 1. The molecule has 7 rings (SSSR count). The van der Waals surface area contributed by atoms with Crippen LogP contribution in [0.25, 0.3) is 0 Å². The molecule has 1 N–H and O–H groups in total. The topological polar surface area (TPSA) is 94.5 Å². The summed E-state index contributed by atoms with van der Waals surface area (Å²) in [5, 5.41) is 10.1. The summed E-state index contributed by atoms with van der Waals surface area (Å²) in [5.41, 5.74) is 7.53. The first kappa shape index (κ1) is 34.5. The maximum Gasteiger partial charge on any atom is 0.255 e. The summed E-state index contributed by atoms with van der Waals surface area (Å²) in [6.07, 6.45) is 3.75. The Kier molecular flexibility index (Phi) is 10.8. The molecule has 1 fully saturated rings. The number of Topliss-reactive ketones (excluding diaryl/α,β-unsaturated/α-hetero) is 1. The normalized spacial score (nSPS) is 19.9. The molecule has 0 radical (unpaired) electrons. The van der Waals surface area contributed by atoms with Crippen molar-refractivity contribution in [2.75, 3.05) is 39.6 Å². The SMILES string of the molecule is C=C1CC[C@H](N2Cc3cc(OCCOCCOCCOc4ccc([C@@H]5c6ccc(O)cc6CC[C@@H]5c5ccccc5)cc4)ccc3C2=O)C(=O)C1. The molecule has 2 aliphatic carbocycles. The van der Waals surface area contributed by atoms with Crippen LogP contribution in [0.3, 0.4) is 0 Å². The van der Waals surface area contributed by atoms with Gasteiger partial charge in [0.1, 0.15) is 30.5 Å². The van der Waals surface area contributed by atoms with Crippen LogP contribution in [0.2, 0.25) is 0 Å². The number of fused-ring (bicyclic) bond motifs is 2. The number of hydrogen-bond acceptors (Lipinski definition) is 7. The number of aromatic hydroxyl groups is 1. The molecule has 0 saturated heterocycles. The third-order valence-electron chi connectivity index (χ3n) is 10.3. The first-order valence-electron chi connectivity index (χ1n) is 18.0. The molecular weight excluding hydrogens is 642 g/mol. The second-order valence-corrected chi connectivity index (χ2v) is 13.6. The smallest absolute Gasteiger partial charge is 0.255 e. The summed E-state index contributed by atoms with van der Waals surface area (Å²) in [4.78, 5) is 27.2. The number of carbonyl (C=O) groups excluding carboxylic acids is 2. The van der Waals surface area contributed by atoms with E-state index in [-0.39, 0.29) is 23.7 Å². The van der Waals surface area contributed by atoms with Crippen molar-refractivity contribution in [1.29, 1.82) is 0 Å².